The summed E-state index contributed by atoms with van der Waals surface area (Å²) in [5.41, 5.74) is 1.12. The smallest absolute Gasteiger partial charge is 0.329 e. The number of nitrogens with one attached hydrogen (secondary N) is 1. The van der Waals surface area contributed by atoms with E-state index in [2.05, 4.69) is 5.32 Å². The van der Waals surface area contributed by atoms with E-state index in [9.17, 15) is 18.0 Å². The van der Waals surface area contributed by atoms with E-state index in [1.807, 2.05) is 0 Å². The molecule has 3 rings (SSSR count). The third-order valence-electron chi connectivity index (χ3n) is 4.13. The number of ether oxygens (including phenoxy) is 1. The van der Waals surface area contributed by atoms with E-state index in [4.69, 9.17) is 9.88 Å². The molecule has 0 radical (unpaired) electrons. The number of sulfonamides is 1. The molecule has 1 amide bonds. The van der Waals surface area contributed by atoms with Crippen LogP contribution >= 0.6 is 0 Å². The van der Waals surface area contributed by atoms with Gasteiger partial charge in [0.15, 0.2) is 0 Å². The molecule has 0 saturated carbocycles. The number of methoxy groups -OCH3 is 1. The fourth-order valence-corrected chi connectivity index (χ4v) is 3.35. The maximum Gasteiger partial charge on any atom is 0.329 e. The summed E-state index contributed by atoms with van der Waals surface area (Å²) in [4.78, 5) is 24.7. The molecule has 1 aromatic heterocycles. The van der Waals surface area contributed by atoms with Crippen LogP contribution in [0.25, 0.3) is 11.0 Å². The zero-order valence-corrected chi connectivity index (χ0v) is 15.5. The topological polar surface area (TPSA) is 125 Å². The standard InChI is InChI=1S/C17H18N4O5S/c1-20-13-5-3-4-6-14(13)21(17(20)23)10-16(22)19-12-9-11(27(18,24)25)7-8-15(12)26-2/h3-9H,10H2,1-2H3,(H,19,22)(H2,18,24,25). The molecular weight excluding hydrogens is 372 g/mol. The highest BCUT2D eigenvalue weighted by Crippen LogP contribution is 2.27. The molecule has 0 fully saturated rings. The lowest BCUT2D eigenvalue weighted by Crippen LogP contribution is -2.28. The Labute approximate surface area is 155 Å². The minimum atomic E-state index is -3.94. The highest BCUT2D eigenvalue weighted by Gasteiger charge is 2.16. The molecule has 0 spiro atoms. The molecule has 142 valence electrons. The van der Waals surface area contributed by atoms with Crippen LogP contribution in [0, 0.1) is 0 Å². The summed E-state index contributed by atoms with van der Waals surface area (Å²) in [6.07, 6.45) is 0. The molecule has 0 aliphatic heterocycles. The number of amides is 1. The SMILES string of the molecule is COc1ccc(S(N)(=O)=O)cc1NC(=O)Cn1c(=O)n(C)c2ccccc21. The maximum absolute atomic E-state index is 12.5. The summed E-state index contributed by atoms with van der Waals surface area (Å²) in [7, 11) is -0.934. The Bertz CT molecular complexity index is 1190. The van der Waals surface area contributed by atoms with Crippen molar-refractivity contribution in [3.05, 3.63) is 52.9 Å². The van der Waals surface area contributed by atoms with E-state index in [0.29, 0.717) is 11.0 Å². The van der Waals surface area contributed by atoms with E-state index in [-0.39, 0.29) is 28.6 Å². The van der Waals surface area contributed by atoms with Crippen molar-refractivity contribution in [2.75, 3.05) is 12.4 Å². The monoisotopic (exact) mass is 390 g/mol. The molecule has 0 aliphatic carbocycles. The first-order valence-corrected chi connectivity index (χ1v) is 9.42. The zero-order chi connectivity index (χ0) is 19.8. The van der Waals surface area contributed by atoms with Gasteiger partial charge in [0.05, 0.1) is 28.7 Å². The van der Waals surface area contributed by atoms with Gasteiger partial charge in [-0.3, -0.25) is 13.9 Å². The normalized spacial score (nSPS) is 11.5. The highest BCUT2D eigenvalue weighted by atomic mass is 32.2. The van der Waals surface area contributed by atoms with Crippen molar-refractivity contribution in [2.45, 2.75) is 11.4 Å². The van der Waals surface area contributed by atoms with Crippen molar-refractivity contribution < 1.29 is 17.9 Å². The second-order valence-electron chi connectivity index (χ2n) is 5.87. The summed E-state index contributed by atoms with van der Waals surface area (Å²) in [6.45, 7) is -0.247. The predicted molar refractivity (Wildman–Crippen MR) is 100 cm³/mol. The maximum atomic E-state index is 12.5. The number of benzene rings is 2. The van der Waals surface area contributed by atoms with Crippen LogP contribution in [-0.2, 0) is 28.4 Å². The van der Waals surface area contributed by atoms with E-state index in [0.717, 1.165) is 0 Å². The molecule has 0 aliphatic rings. The number of carbonyl (C=O) groups excluding carboxylic acids is 1. The quantitative estimate of drug-likeness (QED) is 0.661. The minimum absolute atomic E-state index is 0.141. The van der Waals surface area contributed by atoms with Gasteiger partial charge in [-0.1, -0.05) is 12.1 Å². The minimum Gasteiger partial charge on any atom is -0.495 e. The number of aryl methyl sites for hydroxylation is 1. The van der Waals surface area contributed by atoms with Crippen molar-refractivity contribution in [1.29, 1.82) is 0 Å². The molecule has 0 atom stereocenters. The average molecular weight is 390 g/mol. The number of hydrogen-bond acceptors (Lipinski definition) is 5. The average Bonchev–Trinajstić information content (AvgIpc) is 2.86. The van der Waals surface area contributed by atoms with Crippen LogP contribution in [-0.4, -0.2) is 30.6 Å². The van der Waals surface area contributed by atoms with Crippen LogP contribution in [0.4, 0.5) is 5.69 Å². The Balaban J connectivity index is 1.94. The number of anilines is 1. The van der Waals surface area contributed by atoms with Gasteiger partial charge in [-0.25, -0.2) is 18.4 Å². The lowest BCUT2D eigenvalue weighted by molar-refractivity contribution is -0.116. The number of nitrogens with zero attached hydrogens (tertiary/aromatic N) is 2. The van der Waals surface area contributed by atoms with Crippen LogP contribution in [0.5, 0.6) is 5.75 Å². The van der Waals surface area contributed by atoms with Gasteiger partial charge in [-0.05, 0) is 30.3 Å². The molecule has 0 saturated heterocycles. The number of nitrogens with two attached hydrogens (primary N) is 1. The van der Waals surface area contributed by atoms with E-state index >= 15 is 0 Å². The number of hydrogen-bond donors (Lipinski definition) is 2. The molecule has 9 nitrogen and oxygen atoms in total. The fraction of sp³-hybridized carbons (Fsp3) is 0.176. The van der Waals surface area contributed by atoms with Gasteiger partial charge in [0.2, 0.25) is 15.9 Å². The zero-order valence-electron chi connectivity index (χ0n) is 14.7. The number of aromatic nitrogens is 2. The number of fused-ring (bicyclic) bond motifs is 1. The molecule has 1 heterocycles. The van der Waals surface area contributed by atoms with Crippen molar-refractivity contribution in [1.82, 2.24) is 9.13 Å². The molecule has 0 unspecified atom stereocenters. The number of primary sulfonamides is 1. The summed E-state index contributed by atoms with van der Waals surface area (Å²) < 4.78 is 31.0. The van der Waals surface area contributed by atoms with Gasteiger partial charge in [0, 0.05) is 7.05 Å². The molecule has 10 heteroatoms. The van der Waals surface area contributed by atoms with Gasteiger partial charge in [-0.2, -0.15) is 0 Å². The number of carbonyl (C=O) groups is 1. The largest absolute Gasteiger partial charge is 0.495 e. The van der Waals surface area contributed by atoms with E-state index in [1.165, 1.54) is 34.4 Å². The van der Waals surface area contributed by atoms with Crippen molar-refractivity contribution >= 4 is 32.7 Å². The first kappa shape index (κ1) is 18.7. The van der Waals surface area contributed by atoms with Crippen LogP contribution < -0.4 is 20.9 Å². The summed E-state index contributed by atoms with van der Waals surface area (Å²) >= 11 is 0. The van der Waals surface area contributed by atoms with Gasteiger partial charge in [0.25, 0.3) is 0 Å². The fourth-order valence-electron chi connectivity index (χ4n) is 2.81. The Kier molecular flexibility index (Phi) is 4.77. The van der Waals surface area contributed by atoms with Crippen molar-refractivity contribution in [2.24, 2.45) is 12.2 Å². The molecule has 27 heavy (non-hydrogen) atoms. The van der Waals surface area contributed by atoms with Gasteiger partial charge < -0.3 is 10.1 Å². The molecule has 3 aromatic rings. The molecular formula is C17H18N4O5S. The van der Waals surface area contributed by atoms with Crippen LogP contribution in [0.2, 0.25) is 0 Å². The Morgan fingerprint density at radius 2 is 1.85 bits per heavy atom. The number of para-hydroxylation sites is 2. The number of rotatable bonds is 5. The van der Waals surface area contributed by atoms with Crippen LogP contribution in [0.1, 0.15) is 0 Å². The second kappa shape index (κ2) is 6.89. The molecule has 2 aromatic carbocycles. The number of imidazole rings is 1. The van der Waals surface area contributed by atoms with Crippen molar-refractivity contribution in [3.63, 3.8) is 0 Å². The third-order valence-corrected chi connectivity index (χ3v) is 5.04. The third kappa shape index (κ3) is 3.57. The van der Waals surface area contributed by atoms with Gasteiger partial charge in [0.1, 0.15) is 12.3 Å². The summed E-state index contributed by atoms with van der Waals surface area (Å²) in [5.74, 6) is -0.251. The van der Waals surface area contributed by atoms with E-state index in [1.54, 1.807) is 31.3 Å². The Hall–Kier alpha value is -3.11. The Morgan fingerprint density at radius 1 is 1.19 bits per heavy atom. The van der Waals surface area contributed by atoms with Gasteiger partial charge >= 0.3 is 5.69 Å². The lowest BCUT2D eigenvalue weighted by Gasteiger charge is -2.12. The van der Waals surface area contributed by atoms with Crippen LogP contribution in [0.3, 0.4) is 0 Å². The first-order valence-electron chi connectivity index (χ1n) is 7.87. The van der Waals surface area contributed by atoms with E-state index < -0.39 is 15.9 Å². The summed E-state index contributed by atoms with van der Waals surface area (Å²) in [6, 6.07) is 11.0. The first-order chi connectivity index (χ1) is 12.7. The molecule has 3 N–H and O–H groups in total. The second-order valence-corrected chi connectivity index (χ2v) is 7.43. The molecule has 0 bridgehead atoms. The highest BCUT2D eigenvalue weighted by molar-refractivity contribution is 7.89. The van der Waals surface area contributed by atoms with Gasteiger partial charge in [-0.15, -0.1) is 0 Å². The Morgan fingerprint density at radius 3 is 2.48 bits per heavy atom. The lowest BCUT2D eigenvalue weighted by atomic mass is 10.3. The van der Waals surface area contributed by atoms with Crippen molar-refractivity contribution in [3.8, 4) is 5.75 Å². The van der Waals surface area contributed by atoms with Crippen LogP contribution in [0.15, 0.2) is 52.2 Å². The summed E-state index contributed by atoms with van der Waals surface area (Å²) in [5, 5.41) is 7.70. The predicted octanol–water partition coefficient (Wildman–Crippen LogP) is 0.635.